The Bertz CT molecular complexity index is 1260. The van der Waals surface area contributed by atoms with Crippen molar-refractivity contribution in [2.45, 2.75) is 44.7 Å². The van der Waals surface area contributed by atoms with Gasteiger partial charge in [0.25, 0.3) is 0 Å². The maximum atomic E-state index is 12.7. The van der Waals surface area contributed by atoms with Gasteiger partial charge >= 0.3 is 0 Å². The van der Waals surface area contributed by atoms with E-state index in [9.17, 15) is 4.79 Å². The third-order valence-corrected chi connectivity index (χ3v) is 5.97. The summed E-state index contributed by atoms with van der Waals surface area (Å²) >= 11 is 0. The van der Waals surface area contributed by atoms with Crippen LogP contribution in [0.4, 0.5) is 5.95 Å². The molecule has 8 nitrogen and oxygen atoms in total. The third-order valence-electron chi connectivity index (χ3n) is 5.97. The molecule has 0 unspecified atom stereocenters. The Morgan fingerprint density at radius 3 is 2.59 bits per heavy atom. The number of fused-ring (bicyclic) bond motifs is 3. The number of nitrogens with zero attached hydrogens (tertiary/aromatic N) is 4. The fourth-order valence-electron chi connectivity index (χ4n) is 4.17. The number of hydrogen-bond acceptors (Lipinski definition) is 6. The first-order chi connectivity index (χ1) is 15.6. The van der Waals surface area contributed by atoms with Gasteiger partial charge in [0.15, 0.2) is 11.5 Å². The molecule has 164 valence electrons. The molecule has 2 aromatic heterocycles. The molecule has 1 saturated carbocycles. The van der Waals surface area contributed by atoms with E-state index in [1.807, 2.05) is 55.5 Å². The zero-order valence-corrected chi connectivity index (χ0v) is 18.2. The number of methoxy groups -OCH3 is 1. The van der Waals surface area contributed by atoms with Crippen molar-refractivity contribution < 1.29 is 9.53 Å². The molecule has 1 atom stereocenters. The molecule has 1 aliphatic rings. The number of benzene rings is 2. The number of hydrogen-bond donors (Lipinski definition) is 2. The first-order valence-corrected chi connectivity index (χ1v) is 11.0. The van der Waals surface area contributed by atoms with E-state index >= 15 is 0 Å². The van der Waals surface area contributed by atoms with Gasteiger partial charge in [-0.2, -0.15) is 4.52 Å². The summed E-state index contributed by atoms with van der Waals surface area (Å²) in [5, 5.41) is 12.0. The summed E-state index contributed by atoms with van der Waals surface area (Å²) in [6.45, 7) is 1.84. The second kappa shape index (κ2) is 8.45. The predicted molar refractivity (Wildman–Crippen MR) is 124 cm³/mol. The Hall–Kier alpha value is -3.68. The molecule has 0 bridgehead atoms. The predicted octanol–water partition coefficient (Wildman–Crippen LogP) is 3.81. The number of carbonyl (C=O) groups is 1. The van der Waals surface area contributed by atoms with Crippen LogP contribution in [0.2, 0.25) is 0 Å². The second-order valence-electron chi connectivity index (χ2n) is 8.21. The van der Waals surface area contributed by atoms with E-state index in [2.05, 4.69) is 10.6 Å². The highest BCUT2D eigenvalue weighted by atomic mass is 16.5. The summed E-state index contributed by atoms with van der Waals surface area (Å²) in [7, 11) is 1.64. The third kappa shape index (κ3) is 3.84. The van der Waals surface area contributed by atoms with Crippen molar-refractivity contribution in [3.05, 3.63) is 48.5 Å². The molecule has 1 aliphatic carbocycles. The molecule has 2 N–H and O–H groups in total. The SMILES string of the molecule is COc1ccc(-c2nc3c4ccccc4nc(N[C@H](C)C(=O)NC4CCCC4)n3n2)cc1. The number of nitrogens with one attached hydrogen (secondary N) is 2. The second-order valence-corrected chi connectivity index (χ2v) is 8.21. The van der Waals surface area contributed by atoms with Gasteiger partial charge in [0.1, 0.15) is 11.8 Å². The van der Waals surface area contributed by atoms with Gasteiger partial charge in [0.05, 0.1) is 12.6 Å². The Morgan fingerprint density at radius 1 is 1.09 bits per heavy atom. The summed E-state index contributed by atoms with van der Waals surface area (Å²) in [4.78, 5) is 22.3. The van der Waals surface area contributed by atoms with Crippen molar-refractivity contribution >= 4 is 28.4 Å². The molecular formula is C24H26N6O2. The van der Waals surface area contributed by atoms with Crippen LogP contribution < -0.4 is 15.4 Å². The van der Waals surface area contributed by atoms with Crippen LogP contribution in [0.15, 0.2) is 48.5 Å². The monoisotopic (exact) mass is 430 g/mol. The topological polar surface area (TPSA) is 93.4 Å². The molecule has 1 amide bonds. The molecule has 8 heteroatoms. The van der Waals surface area contributed by atoms with Crippen LogP contribution >= 0.6 is 0 Å². The van der Waals surface area contributed by atoms with Crippen LogP contribution in [0, 0.1) is 0 Å². The molecule has 5 rings (SSSR count). The van der Waals surface area contributed by atoms with E-state index in [-0.39, 0.29) is 11.9 Å². The Kier molecular flexibility index (Phi) is 5.34. The maximum absolute atomic E-state index is 12.7. The number of carbonyl (C=O) groups excluding carboxylic acids is 1. The fraction of sp³-hybridized carbons (Fsp3) is 0.333. The molecule has 2 heterocycles. The number of anilines is 1. The van der Waals surface area contributed by atoms with E-state index in [0.29, 0.717) is 17.4 Å². The summed E-state index contributed by atoms with van der Waals surface area (Å²) < 4.78 is 6.93. The van der Waals surface area contributed by atoms with E-state index in [1.165, 1.54) is 12.8 Å². The summed E-state index contributed by atoms with van der Waals surface area (Å²) in [5.41, 5.74) is 2.35. The van der Waals surface area contributed by atoms with E-state index in [0.717, 1.165) is 35.1 Å². The van der Waals surface area contributed by atoms with E-state index < -0.39 is 6.04 Å². The Labute approximate surface area is 186 Å². The molecular weight excluding hydrogens is 404 g/mol. The number of amides is 1. The van der Waals surface area contributed by atoms with Gasteiger partial charge in [-0.05, 0) is 56.2 Å². The highest BCUT2D eigenvalue weighted by Crippen LogP contribution is 2.25. The van der Waals surface area contributed by atoms with Gasteiger partial charge in [-0.1, -0.05) is 25.0 Å². The van der Waals surface area contributed by atoms with Crippen LogP contribution in [-0.2, 0) is 4.79 Å². The number of rotatable bonds is 6. The summed E-state index contributed by atoms with van der Waals surface area (Å²) in [5.74, 6) is 1.81. The Morgan fingerprint density at radius 2 is 1.84 bits per heavy atom. The van der Waals surface area contributed by atoms with E-state index in [4.69, 9.17) is 19.8 Å². The smallest absolute Gasteiger partial charge is 0.242 e. The number of para-hydroxylation sites is 1. The van der Waals surface area contributed by atoms with Crippen LogP contribution in [0.3, 0.4) is 0 Å². The maximum Gasteiger partial charge on any atom is 0.242 e. The van der Waals surface area contributed by atoms with Crippen molar-refractivity contribution in [2.75, 3.05) is 12.4 Å². The highest BCUT2D eigenvalue weighted by molar-refractivity contribution is 5.93. The lowest BCUT2D eigenvalue weighted by atomic mass is 10.2. The summed E-state index contributed by atoms with van der Waals surface area (Å²) in [6, 6.07) is 15.2. The van der Waals surface area contributed by atoms with Gasteiger partial charge in [-0.15, -0.1) is 5.10 Å². The minimum Gasteiger partial charge on any atom is -0.497 e. The average molecular weight is 431 g/mol. The van der Waals surface area contributed by atoms with Gasteiger partial charge in [0, 0.05) is 17.0 Å². The Balaban J connectivity index is 1.51. The van der Waals surface area contributed by atoms with Crippen LogP contribution in [-0.4, -0.2) is 44.7 Å². The minimum atomic E-state index is -0.457. The quantitative estimate of drug-likeness (QED) is 0.483. The lowest BCUT2D eigenvalue weighted by Gasteiger charge is -2.18. The fourth-order valence-corrected chi connectivity index (χ4v) is 4.17. The van der Waals surface area contributed by atoms with Gasteiger partial charge in [-0.3, -0.25) is 4.79 Å². The van der Waals surface area contributed by atoms with Crippen molar-refractivity contribution in [3.63, 3.8) is 0 Å². The molecule has 0 aliphatic heterocycles. The zero-order chi connectivity index (χ0) is 22.1. The largest absolute Gasteiger partial charge is 0.497 e. The van der Waals surface area contributed by atoms with Crippen LogP contribution in [0.5, 0.6) is 5.75 Å². The number of ether oxygens (including phenoxy) is 1. The first kappa shape index (κ1) is 20.2. The standard InChI is InChI=1S/C24H26N6O2/c1-15(23(31)26-17-7-3-4-8-17)25-24-27-20-10-6-5-9-19(20)22-28-21(29-30(22)24)16-11-13-18(32-2)14-12-16/h5-6,9-15,17H,3-4,7-8H2,1-2H3,(H,25,27)(H,26,31)/t15-/m1/s1. The van der Waals surface area contributed by atoms with Gasteiger partial charge in [-0.25, -0.2) is 9.97 Å². The first-order valence-electron chi connectivity index (χ1n) is 11.0. The lowest BCUT2D eigenvalue weighted by Crippen LogP contribution is -2.42. The van der Waals surface area contributed by atoms with Crippen molar-refractivity contribution in [1.29, 1.82) is 0 Å². The molecule has 4 aromatic rings. The van der Waals surface area contributed by atoms with Crippen molar-refractivity contribution in [3.8, 4) is 17.1 Å². The lowest BCUT2D eigenvalue weighted by molar-refractivity contribution is -0.122. The molecule has 0 saturated heterocycles. The highest BCUT2D eigenvalue weighted by Gasteiger charge is 2.22. The van der Waals surface area contributed by atoms with Crippen LogP contribution in [0.1, 0.15) is 32.6 Å². The van der Waals surface area contributed by atoms with Crippen molar-refractivity contribution in [1.82, 2.24) is 24.9 Å². The molecule has 1 fully saturated rings. The molecule has 2 aromatic carbocycles. The number of aromatic nitrogens is 4. The minimum absolute atomic E-state index is 0.0319. The molecule has 0 spiro atoms. The van der Waals surface area contributed by atoms with Crippen molar-refractivity contribution in [2.24, 2.45) is 0 Å². The molecule has 32 heavy (non-hydrogen) atoms. The molecule has 0 radical (unpaired) electrons. The van der Waals surface area contributed by atoms with Gasteiger partial charge in [0.2, 0.25) is 11.9 Å². The average Bonchev–Trinajstić information content (AvgIpc) is 3.49. The van der Waals surface area contributed by atoms with Crippen LogP contribution in [0.25, 0.3) is 27.9 Å². The summed E-state index contributed by atoms with van der Waals surface area (Å²) in [6.07, 6.45) is 4.44. The normalized spacial score (nSPS) is 15.2. The van der Waals surface area contributed by atoms with Gasteiger partial charge < -0.3 is 15.4 Å². The van der Waals surface area contributed by atoms with E-state index in [1.54, 1.807) is 11.6 Å². The zero-order valence-electron chi connectivity index (χ0n) is 18.2.